The molecular weight excluding hydrogens is 914 g/mol. The van der Waals surface area contributed by atoms with Gasteiger partial charge < -0.3 is 23.6 Å². The topological polar surface area (TPSA) is 135 Å². The lowest BCUT2D eigenvalue weighted by molar-refractivity contribution is -0.870. The molecule has 410 valence electrons. The van der Waals surface area contributed by atoms with Crippen LogP contribution in [-0.4, -0.2) is 87.0 Å². The number of allylic oxidation sites excluding steroid dienone is 3. The molecule has 3 fully saturated rings. The summed E-state index contributed by atoms with van der Waals surface area (Å²) in [6.45, 7) is 31.5. The van der Waals surface area contributed by atoms with E-state index in [1.54, 1.807) is 0 Å². The van der Waals surface area contributed by atoms with E-state index < -0.39 is 44.4 Å². The zero-order chi connectivity index (χ0) is 53.3. The van der Waals surface area contributed by atoms with Crippen LogP contribution in [0.5, 0.6) is 0 Å². The zero-order valence-electron chi connectivity index (χ0n) is 48.1. The molecule has 4 rings (SSSR count). The van der Waals surface area contributed by atoms with Crippen LogP contribution in [0, 0.1) is 80.8 Å². The molecular formula is C59H105NO10P+. The van der Waals surface area contributed by atoms with Crippen molar-refractivity contribution in [3.8, 4) is 0 Å². The summed E-state index contributed by atoms with van der Waals surface area (Å²) < 4.78 is 41.7. The molecule has 11 nitrogen and oxygen atoms in total. The Morgan fingerprint density at radius 1 is 0.845 bits per heavy atom. The lowest BCUT2D eigenvalue weighted by Gasteiger charge is -2.58. The van der Waals surface area contributed by atoms with E-state index in [-0.39, 0.29) is 54.3 Å². The van der Waals surface area contributed by atoms with Gasteiger partial charge in [0.25, 0.3) is 0 Å². The quantitative estimate of drug-likeness (QED) is 0.0293. The van der Waals surface area contributed by atoms with Crippen LogP contribution >= 0.6 is 7.82 Å². The number of carbonyl (C=O) groups excluding carboxylic acids is 3. The number of likely N-dealkylation sites (N-methyl/N-ethyl adjacent to an activating group) is 1. The molecule has 0 aromatic heterocycles. The number of hydrogen-bond donors (Lipinski definition) is 1. The molecule has 0 amide bonds. The van der Waals surface area contributed by atoms with E-state index in [0.29, 0.717) is 58.4 Å². The number of nitrogens with zero attached hydrogens (tertiary/aromatic N) is 1. The molecule has 0 spiro atoms. The first kappa shape index (κ1) is 61.5. The molecule has 0 aromatic rings. The van der Waals surface area contributed by atoms with Gasteiger partial charge in [-0.25, -0.2) is 4.57 Å². The van der Waals surface area contributed by atoms with E-state index in [1.165, 1.54) is 37.7 Å². The highest BCUT2D eigenvalue weighted by atomic mass is 31.2. The number of hydrogen-bond acceptors (Lipinski definition) is 9. The lowest BCUT2D eigenvalue weighted by atomic mass is 9.47. The summed E-state index contributed by atoms with van der Waals surface area (Å²) in [5.74, 6) is 3.18. The fraction of sp³-hybridized carbons (Fsp3) is 0.881. The van der Waals surface area contributed by atoms with Crippen LogP contribution in [0.1, 0.15) is 193 Å². The predicted molar refractivity (Wildman–Crippen MR) is 286 cm³/mol. The van der Waals surface area contributed by atoms with Crippen molar-refractivity contribution >= 4 is 25.7 Å². The summed E-state index contributed by atoms with van der Waals surface area (Å²) >= 11 is 0. The van der Waals surface area contributed by atoms with E-state index in [0.717, 1.165) is 56.8 Å². The minimum absolute atomic E-state index is 0.00903. The molecule has 12 heteroatoms. The van der Waals surface area contributed by atoms with Crippen molar-refractivity contribution in [2.75, 3.05) is 47.5 Å². The molecule has 0 aliphatic heterocycles. The van der Waals surface area contributed by atoms with Crippen LogP contribution in [0.15, 0.2) is 23.8 Å². The highest BCUT2D eigenvalue weighted by Crippen LogP contribution is 2.67. The highest BCUT2D eigenvalue weighted by molar-refractivity contribution is 7.47. The molecule has 0 heterocycles. The number of ether oxygens (including phenoxy) is 3. The van der Waals surface area contributed by atoms with E-state index in [4.69, 9.17) is 23.3 Å². The fourth-order valence-corrected chi connectivity index (χ4v) is 14.7. The van der Waals surface area contributed by atoms with Gasteiger partial charge in [0, 0.05) is 6.42 Å². The SMILES string of the molecule is CC[C@H](/C=C/C(C)[C@H]1CC[C@H]2[C@@H]3CC=C4C[C@@H](OC(=O)CCC(=O)OC(COC(=O)C(CCC(C)CC(C)(C)C)C(C)CC(C)(C)C)COP(=O)(O)OCC[N+](C)(C)C)CC[C@]4(C)[C@H]3CC[C@]12C)C(C)C. The van der Waals surface area contributed by atoms with Gasteiger partial charge in [-0.2, -0.15) is 0 Å². The molecule has 4 aliphatic carbocycles. The summed E-state index contributed by atoms with van der Waals surface area (Å²) in [5.41, 5.74) is 2.07. The average molecular weight is 1020 g/mol. The van der Waals surface area contributed by atoms with Gasteiger partial charge in [0.05, 0.1) is 46.5 Å². The second-order valence-corrected chi connectivity index (χ2v) is 29.0. The van der Waals surface area contributed by atoms with Crippen LogP contribution in [0.25, 0.3) is 0 Å². The van der Waals surface area contributed by atoms with Crippen molar-refractivity contribution in [3.63, 3.8) is 0 Å². The van der Waals surface area contributed by atoms with Crippen LogP contribution in [0.2, 0.25) is 0 Å². The number of fused-ring (bicyclic) bond motifs is 5. The van der Waals surface area contributed by atoms with E-state index in [2.05, 4.69) is 115 Å². The van der Waals surface area contributed by atoms with Gasteiger partial charge in [0.15, 0.2) is 6.10 Å². The molecule has 71 heavy (non-hydrogen) atoms. The minimum Gasteiger partial charge on any atom is -0.462 e. The Balaban J connectivity index is 1.36. The third kappa shape index (κ3) is 18.6. The zero-order valence-corrected chi connectivity index (χ0v) is 49.0. The maximum atomic E-state index is 13.9. The first-order valence-corrected chi connectivity index (χ1v) is 29.6. The number of esters is 3. The third-order valence-electron chi connectivity index (χ3n) is 17.6. The van der Waals surface area contributed by atoms with E-state index in [1.807, 2.05) is 21.1 Å². The number of rotatable bonds is 26. The lowest BCUT2D eigenvalue weighted by Crippen LogP contribution is -2.51. The molecule has 14 atom stereocenters. The van der Waals surface area contributed by atoms with Gasteiger partial charge >= 0.3 is 25.7 Å². The molecule has 0 saturated heterocycles. The molecule has 0 bridgehead atoms. The number of quaternary nitrogens is 1. The van der Waals surface area contributed by atoms with E-state index in [9.17, 15) is 23.8 Å². The van der Waals surface area contributed by atoms with Gasteiger partial charge in [-0.3, -0.25) is 23.4 Å². The largest absolute Gasteiger partial charge is 0.472 e. The standard InChI is InChI=1S/C59H104NO10P/c1-18-44(40(2)3)21-20-42(5)50-25-26-51-49-24-22-45-35-46(29-31-58(45,13)52(49)30-32-59(50,51)14)69-53(61)27-28-54(62)70-47(39-68-71(64,65)67-34-33-60(15,16)17)38-66-55(63)48(43(6)37-57(10,11)12)23-19-41(4)36-56(7,8)9/h20-22,40-44,46-52H,18-19,23-39H2,1-17H3/p+1/b21-20+/t41?,42?,43?,44-,46+,47?,48?,49+,50-,51+,52+,58+,59-/m1/s1. The Labute approximate surface area is 433 Å². The number of phosphoric acid groups is 1. The summed E-state index contributed by atoms with van der Waals surface area (Å²) in [7, 11) is 1.26. The van der Waals surface area contributed by atoms with Crippen molar-refractivity contribution < 1.29 is 51.6 Å². The third-order valence-corrected chi connectivity index (χ3v) is 18.6. The molecule has 1 N–H and O–H groups in total. The van der Waals surface area contributed by atoms with Crippen molar-refractivity contribution in [2.45, 2.75) is 205 Å². The normalized spacial score (nSPS) is 29.4. The first-order valence-electron chi connectivity index (χ1n) is 28.1. The van der Waals surface area contributed by atoms with Crippen molar-refractivity contribution in [1.29, 1.82) is 0 Å². The predicted octanol–water partition coefficient (Wildman–Crippen LogP) is 14.0. The molecule has 0 aromatic carbocycles. The first-order chi connectivity index (χ1) is 32.8. The van der Waals surface area contributed by atoms with Gasteiger partial charge in [-0.15, -0.1) is 0 Å². The molecule has 6 unspecified atom stereocenters. The van der Waals surface area contributed by atoms with Crippen LogP contribution in [0.3, 0.4) is 0 Å². The average Bonchev–Trinajstić information content (AvgIpc) is 3.59. The number of carbonyl (C=O) groups is 3. The maximum Gasteiger partial charge on any atom is 0.472 e. The Morgan fingerprint density at radius 2 is 1.51 bits per heavy atom. The van der Waals surface area contributed by atoms with Gasteiger partial charge in [-0.1, -0.05) is 121 Å². The monoisotopic (exact) mass is 1020 g/mol. The van der Waals surface area contributed by atoms with Crippen LogP contribution in [0.4, 0.5) is 0 Å². The Kier molecular flexibility index (Phi) is 22.2. The van der Waals surface area contributed by atoms with E-state index >= 15 is 0 Å². The maximum absolute atomic E-state index is 13.9. The van der Waals surface area contributed by atoms with Crippen LogP contribution < -0.4 is 0 Å². The Morgan fingerprint density at radius 3 is 2.13 bits per heavy atom. The molecule has 0 radical (unpaired) electrons. The smallest absolute Gasteiger partial charge is 0.462 e. The molecule has 4 aliphatic rings. The van der Waals surface area contributed by atoms with Crippen molar-refractivity contribution in [3.05, 3.63) is 23.8 Å². The fourth-order valence-electron chi connectivity index (χ4n) is 14.0. The van der Waals surface area contributed by atoms with Gasteiger partial charge in [0.2, 0.25) is 0 Å². The van der Waals surface area contributed by atoms with Crippen molar-refractivity contribution in [2.24, 2.45) is 80.8 Å². The summed E-state index contributed by atoms with van der Waals surface area (Å²) in [4.78, 5) is 51.2. The second-order valence-electron chi connectivity index (χ2n) is 27.6. The van der Waals surface area contributed by atoms with Crippen molar-refractivity contribution in [1.82, 2.24) is 0 Å². The Hall–Kier alpha value is -2.04. The molecule has 3 saturated carbocycles. The summed E-state index contributed by atoms with van der Waals surface area (Å²) in [6.07, 6.45) is 19.0. The minimum atomic E-state index is -4.54. The highest BCUT2D eigenvalue weighted by Gasteiger charge is 2.59. The summed E-state index contributed by atoms with van der Waals surface area (Å²) in [5, 5.41) is 0. The van der Waals surface area contributed by atoms with Gasteiger partial charge in [0.1, 0.15) is 25.9 Å². The van der Waals surface area contributed by atoms with Crippen LogP contribution in [-0.2, 0) is 42.2 Å². The second kappa shape index (κ2) is 25.7. The number of phosphoric ester groups is 1. The Bertz CT molecular complexity index is 1840. The summed E-state index contributed by atoms with van der Waals surface area (Å²) in [6, 6.07) is 0. The van der Waals surface area contributed by atoms with Gasteiger partial charge in [-0.05, 0) is 152 Å².